The first-order valence-electron chi connectivity index (χ1n) is 5.49. The number of amides is 1. The average Bonchev–Trinajstić information content (AvgIpc) is 2.28. The highest BCUT2D eigenvalue weighted by Crippen LogP contribution is 1.99. The van der Waals surface area contributed by atoms with Gasteiger partial charge in [-0.3, -0.25) is 9.59 Å². The summed E-state index contributed by atoms with van der Waals surface area (Å²) in [5.41, 5.74) is -0.000508. The first kappa shape index (κ1) is 12.5. The van der Waals surface area contributed by atoms with Crippen LogP contribution in [-0.4, -0.2) is 29.0 Å². The van der Waals surface area contributed by atoms with Crippen LogP contribution in [0, 0.1) is 0 Å². The van der Waals surface area contributed by atoms with Crippen molar-refractivity contribution in [3.8, 4) is 0 Å². The third-order valence-corrected chi connectivity index (χ3v) is 2.55. The molecule has 1 heterocycles. The van der Waals surface area contributed by atoms with Gasteiger partial charge >= 0.3 is 0 Å². The molecule has 0 aromatic carbocycles. The van der Waals surface area contributed by atoms with E-state index in [9.17, 15) is 9.59 Å². The van der Waals surface area contributed by atoms with Gasteiger partial charge in [-0.25, -0.2) is 0 Å². The topological polar surface area (TPSA) is 42.3 Å². The summed E-state index contributed by atoms with van der Waals surface area (Å²) in [7, 11) is 3.37. The summed E-state index contributed by atoms with van der Waals surface area (Å²) >= 11 is 0. The molecular formula is C12H18N2O2. The molecule has 0 aliphatic rings. The zero-order valence-electron chi connectivity index (χ0n) is 10.1. The lowest BCUT2D eigenvalue weighted by atomic mass is 10.2. The van der Waals surface area contributed by atoms with Crippen molar-refractivity contribution >= 4 is 5.91 Å². The molecule has 1 aromatic heterocycles. The van der Waals surface area contributed by atoms with Crippen molar-refractivity contribution in [1.82, 2.24) is 9.47 Å². The molecule has 4 nitrogen and oxygen atoms in total. The van der Waals surface area contributed by atoms with E-state index in [0.29, 0.717) is 6.54 Å². The molecular weight excluding hydrogens is 204 g/mol. The lowest BCUT2D eigenvalue weighted by Gasteiger charge is -2.16. The maximum atomic E-state index is 11.9. The first-order valence-corrected chi connectivity index (χ1v) is 5.49. The van der Waals surface area contributed by atoms with E-state index < -0.39 is 0 Å². The summed E-state index contributed by atoms with van der Waals surface area (Å²) in [4.78, 5) is 25.2. The second-order valence-electron chi connectivity index (χ2n) is 3.92. The van der Waals surface area contributed by atoms with Crippen LogP contribution in [-0.2, 0) is 7.05 Å². The van der Waals surface area contributed by atoms with E-state index in [2.05, 4.69) is 6.92 Å². The number of hydrogen-bond acceptors (Lipinski definition) is 2. The lowest BCUT2D eigenvalue weighted by Crippen LogP contribution is -2.34. The summed E-state index contributed by atoms with van der Waals surface area (Å²) in [6.07, 6.45) is 3.63. The highest BCUT2D eigenvalue weighted by atomic mass is 16.2. The van der Waals surface area contributed by atoms with Crippen LogP contribution in [0.15, 0.2) is 23.1 Å². The highest BCUT2D eigenvalue weighted by molar-refractivity contribution is 5.93. The van der Waals surface area contributed by atoms with Gasteiger partial charge in [0, 0.05) is 26.8 Å². The van der Waals surface area contributed by atoms with Gasteiger partial charge in [-0.15, -0.1) is 0 Å². The Labute approximate surface area is 95.5 Å². The number of aromatic nitrogens is 1. The molecule has 0 aliphatic heterocycles. The monoisotopic (exact) mass is 222 g/mol. The van der Waals surface area contributed by atoms with Gasteiger partial charge < -0.3 is 9.47 Å². The van der Waals surface area contributed by atoms with Crippen molar-refractivity contribution in [1.29, 1.82) is 0 Å². The summed E-state index contributed by atoms with van der Waals surface area (Å²) < 4.78 is 1.42. The number of rotatable bonds is 4. The van der Waals surface area contributed by atoms with Gasteiger partial charge in [-0.2, -0.15) is 0 Å². The van der Waals surface area contributed by atoms with Gasteiger partial charge in [-0.05, 0) is 18.6 Å². The molecule has 0 atom stereocenters. The highest BCUT2D eigenvalue weighted by Gasteiger charge is 2.14. The molecule has 0 N–H and O–H groups in total. The second-order valence-corrected chi connectivity index (χ2v) is 3.92. The molecule has 1 rings (SSSR count). The lowest BCUT2D eigenvalue weighted by molar-refractivity contribution is 0.0791. The molecule has 0 saturated heterocycles. The minimum absolute atomic E-state index is 0.199. The summed E-state index contributed by atoms with van der Waals surface area (Å²) in [6, 6.07) is 3.29. The molecule has 0 saturated carbocycles. The zero-order valence-corrected chi connectivity index (χ0v) is 10.1. The number of unbranched alkanes of at least 4 members (excludes halogenated alkanes) is 1. The first-order chi connectivity index (χ1) is 7.57. The Morgan fingerprint density at radius 2 is 2.19 bits per heavy atom. The summed E-state index contributed by atoms with van der Waals surface area (Å²) in [5.74, 6) is -0.199. The number of nitrogens with zero attached hydrogens (tertiary/aromatic N) is 2. The van der Waals surface area contributed by atoms with Crippen molar-refractivity contribution < 1.29 is 4.79 Å². The van der Waals surface area contributed by atoms with Crippen LogP contribution in [0.2, 0.25) is 0 Å². The quantitative estimate of drug-likeness (QED) is 0.769. The molecule has 0 spiro atoms. The number of pyridine rings is 1. The van der Waals surface area contributed by atoms with Gasteiger partial charge in [0.1, 0.15) is 5.56 Å². The molecule has 0 aliphatic carbocycles. The molecule has 0 radical (unpaired) electrons. The third-order valence-electron chi connectivity index (χ3n) is 2.55. The van der Waals surface area contributed by atoms with Crippen LogP contribution >= 0.6 is 0 Å². The van der Waals surface area contributed by atoms with Crippen LogP contribution in [0.1, 0.15) is 30.1 Å². The van der Waals surface area contributed by atoms with Gasteiger partial charge in [0.25, 0.3) is 11.5 Å². The normalized spacial score (nSPS) is 10.2. The fraction of sp³-hybridized carbons (Fsp3) is 0.500. The predicted molar refractivity (Wildman–Crippen MR) is 63.6 cm³/mol. The molecule has 1 amide bonds. The van der Waals surface area contributed by atoms with Crippen molar-refractivity contribution in [3.05, 3.63) is 34.2 Å². The minimum atomic E-state index is -0.240. The Morgan fingerprint density at radius 1 is 1.50 bits per heavy atom. The van der Waals surface area contributed by atoms with Gasteiger partial charge in [0.05, 0.1) is 0 Å². The van der Waals surface area contributed by atoms with Gasteiger partial charge in [0.15, 0.2) is 0 Å². The maximum absolute atomic E-state index is 11.9. The molecule has 16 heavy (non-hydrogen) atoms. The molecule has 0 bridgehead atoms. The van der Waals surface area contributed by atoms with Crippen LogP contribution in [0.3, 0.4) is 0 Å². The number of carbonyl (C=O) groups excluding carboxylic acids is 1. The van der Waals surface area contributed by atoms with E-state index in [1.165, 1.54) is 4.57 Å². The van der Waals surface area contributed by atoms with Gasteiger partial charge in [0.2, 0.25) is 0 Å². The molecule has 0 fully saturated rings. The van der Waals surface area contributed by atoms with E-state index in [0.717, 1.165) is 12.8 Å². The summed E-state index contributed by atoms with van der Waals surface area (Å²) in [5, 5.41) is 0. The Morgan fingerprint density at radius 3 is 2.81 bits per heavy atom. The van der Waals surface area contributed by atoms with Crippen LogP contribution < -0.4 is 5.56 Å². The number of carbonyl (C=O) groups is 1. The predicted octanol–water partition coefficient (Wildman–Crippen LogP) is 1.26. The minimum Gasteiger partial charge on any atom is -0.342 e. The van der Waals surface area contributed by atoms with E-state index in [4.69, 9.17) is 0 Å². The molecule has 88 valence electrons. The Balaban J connectivity index is 2.88. The van der Waals surface area contributed by atoms with Crippen molar-refractivity contribution in [2.75, 3.05) is 13.6 Å². The van der Waals surface area contributed by atoms with Crippen LogP contribution in [0.4, 0.5) is 0 Å². The fourth-order valence-corrected chi connectivity index (χ4v) is 1.46. The van der Waals surface area contributed by atoms with E-state index in [-0.39, 0.29) is 17.0 Å². The number of aryl methyl sites for hydroxylation is 1. The van der Waals surface area contributed by atoms with E-state index in [1.807, 2.05) is 0 Å². The van der Waals surface area contributed by atoms with E-state index in [1.54, 1.807) is 37.3 Å². The standard InChI is InChI=1S/C12H18N2O2/c1-4-5-8-13(2)11(15)10-7-6-9-14(3)12(10)16/h6-7,9H,4-5,8H2,1-3H3. The third kappa shape index (κ3) is 2.72. The van der Waals surface area contributed by atoms with Crippen molar-refractivity contribution in [2.45, 2.75) is 19.8 Å². The fourth-order valence-electron chi connectivity index (χ4n) is 1.46. The molecule has 1 aromatic rings. The SMILES string of the molecule is CCCCN(C)C(=O)c1cccn(C)c1=O. The van der Waals surface area contributed by atoms with E-state index >= 15 is 0 Å². The average molecular weight is 222 g/mol. The van der Waals surface area contributed by atoms with Crippen molar-refractivity contribution in [3.63, 3.8) is 0 Å². The van der Waals surface area contributed by atoms with Crippen LogP contribution in [0.5, 0.6) is 0 Å². The van der Waals surface area contributed by atoms with Crippen molar-refractivity contribution in [2.24, 2.45) is 7.05 Å². The second kappa shape index (κ2) is 5.49. The Hall–Kier alpha value is -1.58. The number of hydrogen-bond donors (Lipinski definition) is 0. The summed E-state index contributed by atoms with van der Waals surface area (Å²) in [6.45, 7) is 2.76. The Kier molecular flexibility index (Phi) is 4.28. The van der Waals surface area contributed by atoms with Crippen LogP contribution in [0.25, 0.3) is 0 Å². The molecule has 0 unspecified atom stereocenters. The Bertz CT molecular complexity index is 423. The smallest absolute Gasteiger partial charge is 0.263 e. The molecule has 4 heteroatoms. The zero-order chi connectivity index (χ0) is 12.1. The van der Waals surface area contributed by atoms with Gasteiger partial charge in [-0.1, -0.05) is 13.3 Å². The maximum Gasteiger partial charge on any atom is 0.263 e. The largest absolute Gasteiger partial charge is 0.342 e.